The fourth-order valence-electron chi connectivity index (χ4n) is 3.05. The van der Waals surface area contributed by atoms with Gasteiger partial charge in [-0.05, 0) is 37.7 Å². The number of aliphatic hydroxyl groups is 1. The van der Waals surface area contributed by atoms with E-state index in [2.05, 4.69) is 0 Å². The molecule has 1 aromatic rings. The highest BCUT2D eigenvalue weighted by atomic mass is 35.5. The van der Waals surface area contributed by atoms with Crippen LogP contribution >= 0.6 is 12.4 Å². The third-order valence-corrected chi connectivity index (χ3v) is 4.53. The summed E-state index contributed by atoms with van der Waals surface area (Å²) in [6, 6.07) is 9.77. The molecular weight excluding hydrogens is 288 g/mol. The lowest BCUT2D eigenvalue weighted by Gasteiger charge is -2.29. The van der Waals surface area contributed by atoms with Crippen molar-refractivity contribution in [2.24, 2.45) is 5.73 Å². The van der Waals surface area contributed by atoms with E-state index in [4.69, 9.17) is 5.73 Å². The first-order valence-electron chi connectivity index (χ1n) is 7.43. The molecule has 5 heteroatoms. The largest absolute Gasteiger partial charge is 0.388 e. The Morgan fingerprint density at radius 2 is 2.05 bits per heavy atom. The Morgan fingerprint density at radius 1 is 1.38 bits per heavy atom. The summed E-state index contributed by atoms with van der Waals surface area (Å²) in [5.41, 5.74) is 6.34. The summed E-state index contributed by atoms with van der Waals surface area (Å²) >= 11 is 0. The molecule has 21 heavy (non-hydrogen) atoms. The summed E-state index contributed by atoms with van der Waals surface area (Å²) in [7, 11) is 0. The van der Waals surface area contributed by atoms with Crippen molar-refractivity contribution in [3.05, 3.63) is 35.9 Å². The molecule has 1 aromatic carbocycles. The highest BCUT2D eigenvalue weighted by Crippen LogP contribution is 2.37. The molecule has 4 nitrogen and oxygen atoms in total. The van der Waals surface area contributed by atoms with Crippen LogP contribution in [0.1, 0.15) is 43.8 Å². The highest BCUT2D eigenvalue weighted by molar-refractivity contribution is 5.89. The van der Waals surface area contributed by atoms with Gasteiger partial charge >= 0.3 is 0 Å². The average Bonchev–Trinajstić information content (AvgIpc) is 3.06. The van der Waals surface area contributed by atoms with E-state index in [-0.39, 0.29) is 24.4 Å². The fourth-order valence-corrected chi connectivity index (χ4v) is 3.05. The second-order valence-electron chi connectivity index (χ2n) is 6.11. The van der Waals surface area contributed by atoms with Crippen LogP contribution in [-0.2, 0) is 4.79 Å². The minimum Gasteiger partial charge on any atom is -0.388 e. The molecule has 3 N–H and O–H groups in total. The van der Waals surface area contributed by atoms with Gasteiger partial charge in [0.15, 0.2) is 0 Å². The third-order valence-electron chi connectivity index (χ3n) is 4.53. The van der Waals surface area contributed by atoms with E-state index in [0.717, 1.165) is 37.8 Å². The lowest BCUT2D eigenvalue weighted by Crippen LogP contribution is -2.48. The van der Waals surface area contributed by atoms with Crippen molar-refractivity contribution in [2.75, 3.05) is 6.54 Å². The number of amides is 1. The van der Waals surface area contributed by atoms with E-state index in [0.29, 0.717) is 6.42 Å². The lowest BCUT2D eigenvalue weighted by molar-refractivity contribution is -0.134. The summed E-state index contributed by atoms with van der Waals surface area (Å²) in [6.45, 7) is 0.782. The third kappa shape index (κ3) is 3.39. The van der Waals surface area contributed by atoms with Crippen LogP contribution in [0.25, 0.3) is 0 Å². The Balaban J connectivity index is 0.00000161. The maximum absolute atomic E-state index is 12.4. The number of rotatable bonds is 4. The monoisotopic (exact) mass is 310 g/mol. The Bertz CT molecular complexity index is 490. The standard InChI is InChI=1S/C16H22N2O2.ClH/c17-16(8-9-16)15(20)18-10-4-7-13(18)11-14(19)12-5-2-1-3-6-12;/h1-3,5-6,13-14,19H,4,7-11,17H2;1H. The van der Waals surface area contributed by atoms with Gasteiger partial charge in [-0.3, -0.25) is 4.79 Å². The molecule has 1 aliphatic carbocycles. The minimum absolute atomic E-state index is 0. The van der Waals surface area contributed by atoms with Crippen molar-refractivity contribution in [3.63, 3.8) is 0 Å². The molecule has 1 heterocycles. The summed E-state index contributed by atoms with van der Waals surface area (Å²) < 4.78 is 0. The molecule has 0 spiro atoms. The summed E-state index contributed by atoms with van der Waals surface area (Å²) in [4.78, 5) is 14.3. The predicted molar refractivity (Wildman–Crippen MR) is 84.2 cm³/mol. The number of hydrogen-bond donors (Lipinski definition) is 2. The van der Waals surface area contributed by atoms with Gasteiger partial charge < -0.3 is 15.7 Å². The molecule has 2 unspecified atom stereocenters. The van der Waals surface area contributed by atoms with Crippen molar-refractivity contribution in [1.82, 2.24) is 4.90 Å². The van der Waals surface area contributed by atoms with Gasteiger partial charge in [0.2, 0.25) is 5.91 Å². The molecule has 1 aliphatic heterocycles. The normalized spacial score (nSPS) is 24.3. The van der Waals surface area contributed by atoms with Gasteiger partial charge in [0.25, 0.3) is 0 Å². The molecule has 1 amide bonds. The second-order valence-corrected chi connectivity index (χ2v) is 6.11. The number of nitrogens with zero attached hydrogens (tertiary/aromatic N) is 1. The number of likely N-dealkylation sites (tertiary alicyclic amines) is 1. The van der Waals surface area contributed by atoms with Crippen LogP contribution in [0.5, 0.6) is 0 Å². The molecule has 0 bridgehead atoms. The number of benzene rings is 1. The Hall–Kier alpha value is -1.10. The van der Waals surface area contributed by atoms with Gasteiger partial charge in [-0.1, -0.05) is 30.3 Å². The van der Waals surface area contributed by atoms with Crippen LogP contribution in [0.3, 0.4) is 0 Å². The summed E-state index contributed by atoms with van der Waals surface area (Å²) in [6.07, 6.45) is 3.67. The number of halogens is 1. The smallest absolute Gasteiger partial charge is 0.242 e. The Labute approximate surface area is 131 Å². The zero-order valence-electron chi connectivity index (χ0n) is 12.1. The Kier molecular flexibility index (Phi) is 4.91. The quantitative estimate of drug-likeness (QED) is 0.894. The van der Waals surface area contributed by atoms with Gasteiger partial charge in [0.1, 0.15) is 0 Å². The van der Waals surface area contributed by atoms with Gasteiger partial charge in [0.05, 0.1) is 11.6 Å². The fraction of sp³-hybridized carbons (Fsp3) is 0.562. The van der Waals surface area contributed by atoms with E-state index >= 15 is 0 Å². The van der Waals surface area contributed by atoms with Crippen LogP contribution in [0, 0.1) is 0 Å². The second kappa shape index (κ2) is 6.34. The lowest BCUT2D eigenvalue weighted by atomic mass is 10.00. The van der Waals surface area contributed by atoms with E-state index in [1.807, 2.05) is 35.2 Å². The SMILES string of the molecule is Cl.NC1(C(=O)N2CCCC2CC(O)c2ccccc2)CC1. The molecule has 0 aromatic heterocycles. The number of carbonyl (C=O) groups is 1. The molecule has 1 saturated heterocycles. The van der Waals surface area contributed by atoms with Crippen molar-refractivity contribution >= 4 is 18.3 Å². The first-order valence-corrected chi connectivity index (χ1v) is 7.43. The molecule has 2 aliphatic rings. The van der Waals surface area contributed by atoms with E-state index < -0.39 is 11.6 Å². The average molecular weight is 311 g/mol. The molecule has 3 rings (SSSR count). The van der Waals surface area contributed by atoms with Gasteiger partial charge in [-0.2, -0.15) is 0 Å². The molecular formula is C16H23ClN2O2. The van der Waals surface area contributed by atoms with Gasteiger partial charge in [-0.15, -0.1) is 12.4 Å². The number of aliphatic hydroxyl groups excluding tert-OH is 1. The number of carbonyl (C=O) groups excluding carboxylic acids is 1. The predicted octanol–water partition coefficient (Wildman–Crippen LogP) is 2.01. The topological polar surface area (TPSA) is 66.6 Å². The van der Waals surface area contributed by atoms with Crippen molar-refractivity contribution in [1.29, 1.82) is 0 Å². The van der Waals surface area contributed by atoms with Crippen LogP contribution in [0.4, 0.5) is 0 Å². The first-order chi connectivity index (χ1) is 9.60. The van der Waals surface area contributed by atoms with Gasteiger partial charge in [-0.25, -0.2) is 0 Å². The number of hydrogen-bond acceptors (Lipinski definition) is 3. The van der Waals surface area contributed by atoms with E-state index in [1.54, 1.807) is 0 Å². The molecule has 2 atom stereocenters. The highest BCUT2D eigenvalue weighted by Gasteiger charge is 2.50. The first kappa shape index (κ1) is 16.3. The molecule has 0 radical (unpaired) electrons. The molecule has 1 saturated carbocycles. The van der Waals surface area contributed by atoms with E-state index in [9.17, 15) is 9.90 Å². The maximum atomic E-state index is 12.4. The number of nitrogens with two attached hydrogens (primary N) is 1. The summed E-state index contributed by atoms with van der Waals surface area (Å²) in [5.74, 6) is 0.0836. The Morgan fingerprint density at radius 3 is 2.67 bits per heavy atom. The van der Waals surface area contributed by atoms with Crippen LogP contribution in [0.15, 0.2) is 30.3 Å². The van der Waals surface area contributed by atoms with Crippen LogP contribution in [-0.4, -0.2) is 34.0 Å². The van der Waals surface area contributed by atoms with E-state index in [1.165, 1.54) is 0 Å². The zero-order valence-corrected chi connectivity index (χ0v) is 12.9. The maximum Gasteiger partial charge on any atom is 0.242 e. The van der Waals surface area contributed by atoms with Gasteiger partial charge in [0, 0.05) is 12.6 Å². The zero-order chi connectivity index (χ0) is 14.2. The molecule has 116 valence electrons. The minimum atomic E-state index is -0.597. The van der Waals surface area contributed by atoms with Crippen molar-refractivity contribution in [3.8, 4) is 0 Å². The van der Waals surface area contributed by atoms with Crippen LogP contribution < -0.4 is 5.73 Å². The van der Waals surface area contributed by atoms with Crippen molar-refractivity contribution in [2.45, 2.75) is 49.8 Å². The summed E-state index contributed by atoms with van der Waals surface area (Å²) in [5, 5.41) is 10.3. The van der Waals surface area contributed by atoms with Crippen molar-refractivity contribution < 1.29 is 9.90 Å². The van der Waals surface area contributed by atoms with Crippen LogP contribution in [0.2, 0.25) is 0 Å². The molecule has 2 fully saturated rings.